The van der Waals surface area contributed by atoms with Crippen LogP contribution >= 0.6 is 15.9 Å². The van der Waals surface area contributed by atoms with E-state index in [0.717, 1.165) is 26.7 Å². The van der Waals surface area contributed by atoms with Crippen molar-refractivity contribution in [1.82, 2.24) is 0 Å². The molecule has 1 atom stereocenters. The average Bonchev–Trinajstić information content (AvgIpc) is 2.96. The number of amides is 1. The molecule has 0 aromatic heterocycles. The number of Topliss-reactive ketones (excluding diaryl/α,β-unsaturated/α-hetero) is 1. The van der Waals surface area contributed by atoms with Crippen molar-refractivity contribution in [2.45, 2.75) is 59.1 Å². The van der Waals surface area contributed by atoms with Crippen LogP contribution in [0.3, 0.4) is 0 Å². The first kappa shape index (κ1) is 24.4. The molecule has 34 heavy (non-hydrogen) atoms. The lowest BCUT2D eigenvalue weighted by molar-refractivity contribution is -0.136. The van der Waals surface area contributed by atoms with Gasteiger partial charge in [-0.3, -0.25) is 9.59 Å². The highest BCUT2D eigenvalue weighted by Crippen LogP contribution is 2.45. The molecule has 1 amide bonds. The Morgan fingerprint density at radius 2 is 1.74 bits per heavy atom. The van der Waals surface area contributed by atoms with Crippen LogP contribution in [0, 0.1) is 20.8 Å². The fraction of sp³-hybridized carbons (Fsp3) is 0.310. The molecule has 0 radical (unpaired) electrons. The van der Waals surface area contributed by atoms with E-state index in [1.165, 1.54) is 5.56 Å². The van der Waals surface area contributed by atoms with Crippen LogP contribution in [0.4, 0.5) is 5.69 Å². The van der Waals surface area contributed by atoms with Crippen molar-refractivity contribution < 1.29 is 14.7 Å². The van der Waals surface area contributed by atoms with E-state index in [4.69, 9.17) is 0 Å². The maximum atomic E-state index is 13.7. The molecule has 3 aromatic rings. The number of hydrogen-bond donors (Lipinski definition) is 1. The van der Waals surface area contributed by atoms with Crippen molar-refractivity contribution in [3.63, 3.8) is 0 Å². The smallest absolute Gasteiger partial charge is 0.264 e. The van der Waals surface area contributed by atoms with Crippen LogP contribution in [0.15, 0.2) is 59.1 Å². The third-order valence-corrected chi connectivity index (χ3v) is 7.25. The standard InChI is InChI=1S/C29H30BrNO3/c1-17(2)21-8-7-19(4)22(13-21)16-31-26-11-9-23(30)14-25(26)29(34,28(31)33)15-27(32)24-10-6-18(3)12-20(24)5/h6-14,17,34H,15-16H2,1-5H3/t29-/m0/s1. The number of anilines is 1. The van der Waals surface area contributed by atoms with Gasteiger partial charge in [-0.1, -0.05) is 71.7 Å². The minimum absolute atomic E-state index is 0.251. The Labute approximate surface area is 209 Å². The number of hydrogen-bond acceptors (Lipinski definition) is 3. The lowest BCUT2D eigenvalue weighted by Crippen LogP contribution is -2.41. The van der Waals surface area contributed by atoms with Crippen molar-refractivity contribution in [3.05, 3.63) is 98.0 Å². The number of halogens is 1. The van der Waals surface area contributed by atoms with Gasteiger partial charge in [0.25, 0.3) is 5.91 Å². The van der Waals surface area contributed by atoms with Crippen LogP contribution in [0.25, 0.3) is 0 Å². The van der Waals surface area contributed by atoms with Crippen molar-refractivity contribution in [2.24, 2.45) is 0 Å². The number of carbonyl (C=O) groups is 2. The highest BCUT2D eigenvalue weighted by molar-refractivity contribution is 9.10. The summed E-state index contributed by atoms with van der Waals surface area (Å²) in [6.07, 6.45) is -0.305. The summed E-state index contributed by atoms with van der Waals surface area (Å²) < 4.78 is 0.747. The van der Waals surface area contributed by atoms with Crippen LogP contribution in [-0.4, -0.2) is 16.8 Å². The van der Waals surface area contributed by atoms with Gasteiger partial charge in [0.1, 0.15) is 0 Å². The molecular formula is C29H30BrNO3. The fourth-order valence-corrected chi connectivity index (χ4v) is 5.06. The van der Waals surface area contributed by atoms with Gasteiger partial charge in [0, 0.05) is 15.6 Å². The van der Waals surface area contributed by atoms with Gasteiger partial charge in [-0.25, -0.2) is 0 Å². The van der Waals surface area contributed by atoms with E-state index in [-0.39, 0.29) is 12.2 Å². The van der Waals surface area contributed by atoms with Crippen LogP contribution < -0.4 is 4.90 Å². The van der Waals surface area contributed by atoms with E-state index in [9.17, 15) is 14.7 Å². The Kier molecular flexibility index (Phi) is 6.54. The molecule has 0 saturated carbocycles. The number of benzene rings is 3. The molecule has 0 bridgehead atoms. The van der Waals surface area contributed by atoms with Crippen molar-refractivity contribution in [1.29, 1.82) is 0 Å². The molecular weight excluding hydrogens is 490 g/mol. The predicted octanol–water partition coefficient (Wildman–Crippen LogP) is 6.51. The van der Waals surface area contributed by atoms with Crippen LogP contribution in [0.2, 0.25) is 0 Å². The second-order valence-corrected chi connectivity index (χ2v) is 10.6. The summed E-state index contributed by atoms with van der Waals surface area (Å²) in [5.41, 5.74) is 4.91. The zero-order valence-corrected chi connectivity index (χ0v) is 21.9. The molecule has 1 N–H and O–H groups in total. The molecule has 0 aliphatic carbocycles. The molecule has 0 spiro atoms. The second kappa shape index (κ2) is 9.12. The minimum Gasteiger partial charge on any atom is -0.375 e. The maximum Gasteiger partial charge on any atom is 0.264 e. The summed E-state index contributed by atoms with van der Waals surface area (Å²) >= 11 is 3.47. The highest BCUT2D eigenvalue weighted by Gasteiger charge is 2.51. The first-order valence-electron chi connectivity index (χ1n) is 11.6. The fourth-order valence-electron chi connectivity index (χ4n) is 4.70. The Hall–Kier alpha value is -2.76. The van der Waals surface area contributed by atoms with Gasteiger partial charge in [-0.15, -0.1) is 0 Å². The number of carbonyl (C=O) groups excluding carboxylic acids is 2. The minimum atomic E-state index is -1.92. The van der Waals surface area contributed by atoms with Gasteiger partial charge in [0.15, 0.2) is 11.4 Å². The van der Waals surface area contributed by atoms with Crippen molar-refractivity contribution in [2.75, 3.05) is 4.90 Å². The summed E-state index contributed by atoms with van der Waals surface area (Å²) in [6.45, 7) is 10.5. The molecule has 4 nitrogen and oxygen atoms in total. The number of aryl methyl sites for hydroxylation is 3. The third kappa shape index (κ3) is 4.35. The van der Waals surface area contributed by atoms with Gasteiger partial charge in [0.2, 0.25) is 0 Å². The number of nitrogens with zero attached hydrogens (tertiary/aromatic N) is 1. The Morgan fingerprint density at radius 1 is 1.00 bits per heavy atom. The van der Waals surface area contributed by atoms with E-state index < -0.39 is 11.5 Å². The molecule has 0 fully saturated rings. The molecule has 1 aliphatic rings. The normalized spacial score (nSPS) is 17.4. The Balaban J connectivity index is 1.73. The van der Waals surface area contributed by atoms with Crippen molar-refractivity contribution in [3.8, 4) is 0 Å². The summed E-state index contributed by atoms with van der Waals surface area (Å²) in [5.74, 6) is -0.351. The monoisotopic (exact) mass is 519 g/mol. The summed E-state index contributed by atoms with van der Waals surface area (Å²) in [6, 6.07) is 17.3. The van der Waals surface area contributed by atoms with E-state index in [1.54, 1.807) is 17.0 Å². The van der Waals surface area contributed by atoms with E-state index in [2.05, 4.69) is 48.0 Å². The summed E-state index contributed by atoms with van der Waals surface area (Å²) in [5, 5.41) is 11.7. The van der Waals surface area contributed by atoms with E-state index in [1.807, 2.05) is 45.0 Å². The SMILES string of the molecule is Cc1ccc(C(=O)C[C@@]2(O)C(=O)N(Cc3cc(C(C)C)ccc3C)c3ccc(Br)cc32)c(C)c1. The first-order valence-corrected chi connectivity index (χ1v) is 12.3. The topological polar surface area (TPSA) is 57.6 Å². The number of fused-ring (bicyclic) bond motifs is 1. The average molecular weight is 520 g/mol. The second-order valence-electron chi connectivity index (χ2n) is 9.67. The lowest BCUT2D eigenvalue weighted by atomic mass is 9.87. The highest BCUT2D eigenvalue weighted by atomic mass is 79.9. The van der Waals surface area contributed by atoms with Crippen LogP contribution in [-0.2, 0) is 16.9 Å². The van der Waals surface area contributed by atoms with Gasteiger partial charge >= 0.3 is 0 Å². The largest absolute Gasteiger partial charge is 0.375 e. The maximum absolute atomic E-state index is 13.7. The molecule has 1 heterocycles. The zero-order chi connectivity index (χ0) is 24.8. The van der Waals surface area contributed by atoms with Crippen molar-refractivity contribution >= 4 is 33.3 Å². The molecule has 0 unspecified atom stereocenters. The molecule has 5 heteroatoms. The van der Waals surface area contributed by atoms with E-state index >= 15 is 0 Å². The lowest BCUT2D eigenvalue weighted by Gasteiger charge is -2.24. The predicted molar refractivity (Wildman–Crippen MR) is 139 cm³/mol. The number of aliphatic hydroxyl groups is 1. The molecule has 176 valence electrons. The Bertz CT molecular complexity index is 1300. The summed E-state index contributed by atoms with van der Waals surface area (Å²) in [7, 11) is 0. The third-order valence-electron chi connectivity index (χ3n) is 6.76. The van der Waals surface area contributed by atoms with Crippen LogP contribution in [0.1, 0.15) is 69.9 Å². The van der Waals surface area contributed by atoms with Gasteiger partial charge in [-0.2, -0.15) is 0 Å². The Morgan fingerprint density at radius 3 is 2.41 bits per heavy atom. The summed E-state index contributed by atoms with van der Waals surface area (Å²) in [4.78, 5) is 28.6. The van der Waals surface area contributed by atoms with Gasteiger partial charge in [-0.05, 0) is 67.1 Å². The molecule has 4 rings (SSSR count). The number of ketones is 1. The van der Waals surface area contributed by atoms with E-state index in [0.29, 0.717) is 29.3 Å². The van der Waals surface area contributed by atoms with Gasteiger partial charge < -0.3 is 10.0 Å². The first-order chi connectivity index (χ1) is 16.0. The quantitative estimate of drug-likeness (QED) is 0.378. The zero-order valence-electron chi connectivity index (χ0n) is 20.3. The molecule has 0 saturated heterocycles. The number of rotatable bonds is 6. The van der Waals surface area contributed by atoms with Crippen LogP contribution in [0.5, 0.6) is 0 Å². The van der Waals surface area contributed by atoms with Gasteiger partial charge in [0.05, 0.1) is 18.7 Å². The molecule has 1 aliphatic heterocycles. The molecule has 3 aromatic carbocycles.